The van der Waals surface area contributed by atoms with Crippen LogP contribution in [0, 0.1) is 0 Å². The first-order chi connectivity index (χ1) is 13.8. The van der Waals surface area contributed by atoms with Gasteiger partial charge in [0.05, 0.1) is 26.4 Å². The Kier molecular flexibility index (Phi) is 6.24. The number of benzene rings is 1. The lowest BCUT2D eigenvalue weighted by Gasteiger charge is -2.31. The first-order valence-corrected chi connectivity index (χ1v) is 10.1. The molecule has 28 heavy (non-hydrogen) atoms. The maximum absolute atomic E-state index is 9.97. The zero-order valence-electron chi connectivity index (χ0n) is 16.2. The van der Waals surface area contributed by atoms with E-state index in [9.17, 15) is 5.11 Å². The topological polar surface area (TPSA) is 71.0 Å². The van der Waals surface area contributed by atoms with Crippen LogP contribution in [0.4, 0.5) is 11.8 Å². The first kappa shape index (κ1) is 19.0. The number of hydrogen-bond donors (Lipinski definition) is 1. The van der Waals surface area contributed by atoms with Crippen molar-refractivity contribution in [3.05, 3.63) is 41.6 Å². The van der Waals surface area contributed by atoms with Gasteiger partial charge in [0.15, 0.2) is 0 Å². The number of morpholine rings is 2. The molecule has 0 amide bonds. The molecule has 2 saturated heterocycles. The summed E-state index contributed by atoms with van der Waals surface area (Å²) in [6.45, 7) is 6.27. The number of phenolic OH excluding ortho intramolecular Hbond substituents is 1. The summed E-state index contributed by atoms with van der Waals surface area (Å²) < 4.78 is 11.0. The number of aromatic hydroxyl groups is 1. The van der Waals surface area contributed by atoms with Crippen molar-refractivity contribution >= 4 is 11.8 Å². The third-order valence-electron chi connectivity index (χ3n) is 5.25. The van der Waals surface area contributed by atoms with Crippen molar-refractivity contribution in [2.75, 3.05) is 62.4 Å². The summed E-state index contributed by atoms with van der Waals surface area (Å²) in [6, 6.07) is 9.65. The highest BCUT2D eigenvalue weighted by molar-refractivity contribution is 5.46. The van der Waals surface area contributed by atoms with E-state index in [4.69, 9.17) is 19.4 Å². The number of hydrogen-bond acceptors (Lipinski definition) is 7. The molecule has 0 radical (unpaired) electrons. The number of phenols is 1. The summed E-state index contributed by atoms with van der Waals surface area (Å²) in [6.07, 6.45) is 2.61. The predicted molar refractivity (Wildman–Crippen MR) is 108 cm³/mol. The maximum Gasteiger partial charge on any atom is 0.227 e. The zero-order chi connectivity index (χ0) is 19.2. The van der Waals surface area contributed by atoms with Crippen molar-refractivity contribution in [1.29, 1.82) is 0 Å². The quantitative estimate of drug-likeness (QED) is 0.817. The van der Waals surface area contributed by atoms with Crippen molar-refractivity contribution in [1.82, 2.24) is 9.97 Å². The van der Waals surface area contributed by atoms with Crippen molar-refractivity contribution in [2.45, 2.75) is 19.3 Å². The van der Waals surface area contributed by atoms with Gasteiger partial charge in [0.1, 0.15) is 11.6 Å². The van der Waals surface area contributed by atoms with Gasteiger partial charge in [0.2, 0.25) is 5.95 Å². The van der Waals surface area contributed by atoms with Crippen LogP contribution in [0.2, 0.25) is 0 Å². The van der Waals surface area contributed by atoms with E-state index in [1.165, 1.54) is 0 Å². The molecule has 2 aromatic rings. The van der Waals surface area contributed by atoms with E-state index in [0.29, 0.717) is 19.0 Å². The Balaban J connectivity index is 1.50. The Morgan fingerprint density at radius 3 is 2.25 bits per heavy atom. The van der Waals surface area contributed by atoms with E-state index in [0.717, 1.165) is 81.7 Å². The molecule has 1 aromatic heterocycles. The molecule has 1 N–H and O–H groups in total. The third-order valence-corrected chi connectivity index (χ3v) is 5.25. The molecular formula is C21H28N4O3. The van der Waals surface area contributed by atoms with E-state index in [2.05, 4.69) is 15.9 Å². The maximum atomic E-state index is 9.97. The largest absolute Gasteiger partial charge is 0.508 e. The number of rotatable bonds is 6. The monoisotopic (exact) mass is 384 g/mol. The Labute approximate surface area is 165 Å². The smallest absolute Gasteiger partial charge is 0.227 e. The molecule has 2 aliphatic rings. The van der Waals surface area contributed by atoms with Crippen LogP contribution in [0.15, 0.2) is 30.3 Å². The number of aryl methyl sites for hydroxylation is 2. The minimum Gasteiger partial charge on any atom is -0.508 e. The average molecular weight is 384 g/mol. The minimum atomic E-state index is 0.369. The highest BCUT2D eigenvalue weighted by Crippen LogP contribution is 2.22. The molecule has 2 aliphatic heterocycles. The predicted octanol–water partition coefficient (Wildman–Crippen LogP) is 2.03. The Hall–Kier alpha value is -2.38. The van der Waals surface area contributed by atoms with Crippen LogP contribution >= 0.6 is 0 Å². The fraction of sp³-hybridized carbons (Fsp3) is 0.524. The zero-order valence-corrected chi connectivity index (χ0v) is 16.2. The fourth-order valence-electron chi connectivity index (χ4n) is 3.64. The fourth-order valence-corrected chi connectivity index (χ4v) is 3.64. The number of para-hydroxylation sites is 1. The molecule has 1 aromatic carbocycles. The van der Waals surface area contributed by atoms with Gasteiger partial charge < -0.3 is 24.4 Å². The Morgan fingerprint density at radius 1 is 0.857 bits per heavy atom. The van der Waals surface area contributed by atoms with E-state index in [1.807, 2.05) is 18.2 Å². The molecule has 0 atom stereocenters. The van der Waals surface area contributed by atoms with Gasteiger partial charge in [0.25, 0.3) is 0 Å². The summed E-state index contributed by atoms with van der Waals surface area (Å²) >= 11 is 0. The van der Waals surface area contributed by atoms with Crippen LogP contribution in [-0.2, 0) is 22.3 Å². The summed E-state index contributed by atoms with van der Waals surface area (Å²) in [4.78, 5) is 14.2. The standard InChI is InChI=1S/C21H28N4O3/c26-19-7-2-1-4-17(19)5-3-6-18-16-20(24-8-12-27-13-9-24)23-21(22-18)25-10-14-28-15-11-25/h1-2,4,7,16,26H,3,5-6,8-15H2. The number of anilines is 2. The van der Waals surface area contributed by atoms with E-state index >= 15 is 0 Å². The van der Waals surface area contributed by atoms with E-state index < -0.39 is 0 Å². The highest BCUT2D eigenvalue weighted by Gasteiger charge is 2.19. The molecular weight excluding hydrogens is 356 g/mol. The van der Waals surface area contributed by atoms with Crippen molar-refractivity contribution in [3.63, 3.8) is 0 Å². The van der Waals surface area contributed by atoms with Crippen LogP contribution in [-0.4, -0.2) is 67.7 Å². The van der Waals surface area contributed by atoms with Crippen molar-refractivity contribution in [2.24, 2.45) is 0 Å². The third kappa shape index (κ3) is 4.72. The molecule has 4 rings (SSSR count). The van der Waals surface area contributed by atoms with Gasteiger partial charge >= 0.3 is 0 Å². The van der Waals surface area contributed by atoms with Crippen LogP contribution < -0.4 is 9.80 Å². The SMILES string of the molecule is Oc1ccccc1CCCc1cc(N2CCOCC2)nc(N2CCOCC2)n1. The van der Waals surface area contributed by atoms with Gasteiger partial charge in [-0.3, -0.25) is 0 Å². The molecule has 7 heteroatoms. The second-order valence-electron chi connectivity index (χ2n) is 7.20. The molecule has 3 heterocycles. The van der Waals surface area contributed by atoms with Gasteiger partial charge in [-0.05, 0) is 30.9 Å². The minimum absolute atomic E-state index is 0.369. The highest BCUT2D eigenvalue weighted by atomic mass is 16.5. The van der Waals surface area contributed by atoms with Gasteiger partial charge in [0, 0.05) is 37.9 Å². The molecule has 0 aliphatic carbocycles. The van der Waals surface area contributed by atoms with Crippen molar-refractivity contribution in [3.8, 4) is 5.75 Å². The second kappa shape index (κ2) is 9.21. The normalized spacial score (nSPS) is 17.7. The lowest BCUT2D eigenvalue weighted by Crippen LogP contribution is -2.39. The summed E-state index contributed by atoms with van der Waals surface area (Å²) in [7, 11) is 0. The van der Waals surface area contributed by atoms with Gasteiger partial charge in [-0.15, -0.1) is 0 Å². The number of nitrogens with zero attached hydrogens (tertiary/aromatic N) is 4. The van der Waals surface area contributed by atoms with Gasteiger partial charge in [-0.1, -0.05) is 18.2 Å². The Bertz CT molecular complexity index is 738. The molecule has 0 saturated carbocycles. The van der Waals surface area contributed by atoms with Gasteiger partial charge in [-0.25, -0.2) is 4.98 Å². The summed E-state index contributed by atoms with van der Waals surface area (Å²) in [5.74, 6) is 2.15. The summed E-state index contributed by atoms with van der Waals surface area (Å²) in [5.41, 5.74) is 2.03. The average Bonchev–Trinajstić information content (AvgIpc) is 2.76. The lowest BCUT2D eigenvalue weighted by molar-refractivity contribution is 0.121. The molecule has 2 fully saturated rings. The van der Waals surface area contributed by atoms with Gasteiger partial charge in [-0.2, -0.15) is 4.98 Å². The van der Waals surface area contributed by atoms with Crippen molar-refractivity contribution < 1.29 is 14.6 Å². The molecule has 0 spiro atoms. The van der Waals surface area contributed by atoms with Crippen LogP contribution in [0.3, 0.4) is 0 Å². The van der Waals surface area contributed by atoms with Crippen LogP contribution in [0.1, 0.15) is 17.7 Å². The number of aromatic nitrogens is 2. The van der Waals surface area contributed by atoms with E-state index in [1.54, 1.807) is 6.07 Å². The Morgan fingerprint density at radius 2 is 1.54 bits per heavy atom. The van der Waals surface area contributed by atoms with Crippen LogP contribution in [0.25, 0.3) is 0 Å². The summed E-state index contributed by atoms with van der Waals surface area (Å²) in [5, 5.41) is 9.97. The second-order valence-corrected chi connectivity index (χ2v) is 7.20. The number of ether oxygens (including phenoxy) is 2. The lowest BCUT2D eigenvalue weighted by atomic mass is 10.1. The molecule has 150 valence electrons. The molecule has 0 unspecified atom stereocenters. The first-order valence-electron chi connectivity index (χ1n) is 10.1. The molecule has 7 nitrogen and oxygen atoms in total. The van der Waals surface area contributed by atoms with E-state index in [-0.39, 0.29) is 0 Å². The van der Waals surface area contributed by atoms with Crippen LogP contribution in [0.5, 0.6) is 5.75 Å². The molecule has 0 bridgehead atoms.